The number of nitrogens with zero attached hydrogens (tertiary/aromatic N) is 2. The molecule has 110 valence electrons. The SMILES string of the molecule is COc1ccc(C=CC(=O)c2cn(C)nc2C)c(OC)c1. The summed E-state index contributed by atoms with van der Waals surface area (Å²) < 4.78 is 12.1. The smallest absolute Gasteiger partial charge is 0.189 e. The highest BCUT2D eigenvalue weighted by Crippen LogP contribution is 2.25. The van der Waals surface area contributed by atoms with Crippen LogP contribution in [0.5, 0.6) is 11.5 Å². The number of ketones is 1. The number of methoxy groups -OCH3 is 2. The standard InChI is InChI=1S/C16H18N2O3/c1-11-14(10-18(2)17-11)15(19)8-6-12-5-7-13(20-3)9-16(12)21-4/h5-10H,1-4H3. The van der Waals surface area contributed by atoms with E-state index in [0.717, 1.165) is 5.56 Å². The summed E-state index contributed by atoms with van der Waals surface area (Å²) in [6.45, 7) is 1.81. The van der Waals surface area contributed by atoms with Crippen LogP contribution in [0.4, 0.5) is 0 Å². The van der Waals surface area contributed by atoms with E-state index in [1.807, 2.05) is 19.1 Å². The average Bonchev–Trinajstić information content (AvgIpc) is 2.83. The van der Waals surface area contributed by atoms with Crippen LogP contribution in [0.1, 0.15) is 21.6 Å². The molecule has 5 heteroatoms. The maximum atomic E-state index is 12.2. The molecule has 0 amide bonds. The van der Waals surface area contributed by atoms with E-state index in [1.54, 1.807) is 44.3 Å². The van der Waals surface area contributed by atoms with Crippen molar-refractivity contribution in [1.29, 1.82) is 0 Å². The minimum Gasteiger partial charge on any atom is -0.497 e. The second-order valence-electron chi connectivity index (χ2n) is 4.61. The zero-order valence-electron chi connectivity index (χ0n) is 12.6. The largest absolute Gasteiger partial charge is 0.497 e. The first-order chi connectivity index (χ1) is 10.0. The number of rotatable bonds is 5. The van der Waals surface area contributed by atoms with Gasteiger partial charge in [-0.1, -0.05) is 0 Å². The van der Waals surface area contributed by atoms with Crippen molar-refractivity contribution in [1.82, 2.24) is 9.78 Å². The van der Waals surface area contributed by atoms with E-state index in [4.69, 9.17) is 9.47 Å². The molecule has 2 rings (SSSR count). The summed E-state index contributed by atoms with van der Waals surface area (Å²) in [5.41, 5.74) is 2.13. The molecular formula is C16H18N2O3. The van der Waals surface area contributed by atoms with Crippen LogP contribution in [-0.2, 0) is 7.05 Å². The molecule has 0 radical (unpaired) electrons. The third kappa shape index (κ3) is 3.31. The quantitative estimate of drug-likeness (QED) is 0.626. The maximum Gasteiger partial charge on any atom is 0.189 e. The van der Waals surface area contributed by atoms with E-state index in [0.29, 0.717) is 22.8 Å². The Labute approximate surface area is 123 Å². The fraction of sp³-hybridized carbons (Fsp3) is 0.250. The van der Waals surface area contributed by atoms with Gasteiger partial charge in [-0.15, -0.1) is 0 Å². The molecule has 1 aromatic heterocycles. The second-order valence-corrected chi connectivity index (χ2v) is 4.61. The monoisotopic (exact) mass is 286 g/mol. The maximum absolute atomic E-state index is 12.2. The van der Waals surface area contributed by atoms with E-state index >= 15 is 0 Å². The summed E-state index contributed by atoms with van der Waals surface area (Å²) in [6, 6.07) is 5.44. The van der Waals surface area contributed by atoms with Gasteiger partial charge < -0.3 is 9.47 Å². The summed E-state index contributed by atoms with van der Waals surface area (Å²) in [7, 11) is 4.97. The minimum atomic E-state index is -0.0847. The molecule has 0 aliphatic rings. The van der Waals surface area contributed by atoms with Gasteiger partial charge in [0, 0.05) is 24.9 Å². The number of carbonyl (C=O) groups is 1. The summed E-state index contributed by atoms with van der Waals surface area (Å²) in [5, 5.41) is 4.16. The Morgan fingerprint density at radius 1 is 1.29 bits per heavy atom. The average molecular weight is 286 g/mol. The molecule has 0 bridgehead atoms. The number of aromatic nitrogens is 2. The third-order valence-corrected chi connectivity index (χ3v) is 3.13. The highest BCUT2D eigenvalue weighted by molar-refractivity contribution is 6.07. The van der Waals surface area contributed by atoms with Crippen LogP contribution in [0.25, 0.3) is 6.08 Å². The first-order valence-electron chi connectivity index (χ1n) is 6.50. The molecule has 0 atom stereocenters. The Morgan fingerprint density at radius 3 is 2.62 bits per heavy atom. The predicted molar refractivity (Wildman–Crippen MR) is 80.9 cm³/mol. The lowest BCUT2D eigenvalue weighted by molar-refractivity contribution is 0.104. The lowest BCUT2D eigenvalue weighted by Gasteiger charge is -2.07. The van der Waals surface area contributed by atoms with Gasteiger partial charge in [0.15, 0.2) is 5.78 Å². The first-order valence-corrected chi connectivity index (χ1v) is 6.50. The number of allylic oxidation sites excluding steroid dienone is 1. The van der Waals surface area contributed by atoms with Crippen molar-refractivity contribution in [2.75, 3.05) is 14.2 Å². The third-order valence-electron chi connectivity index (χ3n) is 3.13. The normalized spacial score (nSPS) is 10.9. The van der Waals surface area contributed by atoms with E-state index in [1.165, 1.54) is 6.08 Å². The van der Waals surface area contributed by atoms with Crippen molar-refractivity contribution in [2.45, 2.75) is 6.92 Å². The lowest BCUT2D eigenvalue weighted by atomic mass is 10.1. The van der Waals surface area contributed by atoms with Gasteiger partial charge in [-0.3, -0.25) is 9.48 Å². The zero-order chi connectivity index (χ0) is 15.4. The fourth-order valence-corrected chi connectivity index (χ4v) is 2.05. The Balaban J connectivity index is 2.25. The molecule has 0 saturated heterocycles. The molecule has 1 aromatic carbocycles. The Bertz CT molecular complexity index is 687. The molecule has 0 N–H and O–H groups in total. The van der Waals surface area contributed by atoms with Crippen LogP contribution in [-0.4, -0.2) is 29.8 Å². The van der Waals surface area contributed by atoms with Gasteiger partial charge in [0.1, 0.15) is 11.5 Å². The molecule has 2 aromatic rings. The van der Waals surface area contributed by atoms with Gasteiger partial charge in [-0.05, 0) is 31.2 Å². The van der Waals surface area contributed by atoms with Crippen LogP contribution < -0.4 is 9.47 Å². The van der Waals surface area contributed by atoms with E-state index in [2.05, 4.69) is 5.10 Å². The predicted octanol–water partition coefficient (Wildman–Crippen LogP) is 2.64. The van der Waals surface area contributed by atoms with Crippen LogP contribution >= 0.6 is 0 Å². The highest BCUT2D eigenvalue weighted by Gasteiger charge is 2.10. The molecular weight excluding hydrogens is 268 g/mol. The zero-order valence-corrected chi connectivity index (χ0v) is 12.6. The number of hydrogen-bond donors (Lipinski definition) is 0. The van der Waals surface area contributed by atoms with Gasteiger partial charge in [0.25, 0.3) is 0 Å². The van der Waals surface area contributed by atoms with Crippen molar-refractivity contribution in [3.63, 3.8) is 0 Å². The molecule has 0 aliphatic carbocycles. The molecule has 1 heterocycles. The first kappa shape index (κ1) is 14.8. The van der Waals surface area contributed by atoms with Gasteiger partial charge in [0.2, 0.25) is 0 Å². The van der Waals surface area contributed by atoms with Crippen LogP contribution in [0, 0.1) is 6.92 Å². The lowest BCUT2D eigenvalue weighted by Crippen LogP contribution is -1.95. The second kappa shape index (κ2) is 6.26. The van der Waals surface area contributed by atoms with Crippen molar-refractivity contribution in [3.05, 3.63) is 47.3 Å². The highest BCUT2D eigenvalue weighted by atomic mass is 16.5. The summed E-state index contributed by atoms with van der Waals surface area (Å²) >= 11 is 0. The van der Waals surface area contributed by atoms with Gasteiger partial charge in [0.05, 0.1) is 25.5 Å². The summed E-state index contributed by atoms with van der Waals surface area (Å²) in [6.07, 6.45) is 4.97. The topological polar surface area (TPSA) is 53.4 Å². The molecule has 0 aliphatic heterocycles. The molecule has 0 unspecified atom stereocenters. The number of aryl methyl sites for hydroxylation is 2. The van der Waals surface area contributed by atoms with Crippen molar-refractivity contribution >= 4 is 11.9 Å². The van der Waals surface area contributed by atoms with E-state index in [9.17, 15) is 4.79 Å². The molecule has 5 nitrogen and oxygen atoms in total. The van der Waals surface area contributed by atoms with Crippen LogP contribution in [0.3, 0.4) is 0 Å². The van der Waals surface area contributed by atoms with E-state index < -0.39 is 0 Å². The molecule has 0 spiro atoms. The van der Waals surface area contributed by atoms with Gasteiger partial charge in [-0.25, -0.2) is 0 Å². The van der Waals surface area contributed by atoms with Crippen LogP contribution in [0.15, 0.2) is 30.5 Å². The number of benzene rings is 1. The molecule has 0 fully saturated rings. The van der Waals surface area contributed by atoms with Crippen LogP contribution in [0.2, 0.25) is 0 Å². The number of hydrogen-bond acceptors (Lipinski definition) is 4. The molecule has 21 heavy (non-hydrogen) atoms. The molecule has 0 saturated carbocycles. The Morgan fingerprint density at radius 2 is 2.05 bits per heavy atom. The number of carbonyl (C=O) groups excluding carboxylic acids is 1. The van der Waals surface area contributed by atoms with E-state index in [-0.39, 0.29) is 5.78 Å². The van der Waals surface area contributed by atoms with Crippen molar-refractivity contribution < 1.29 is 14.3 Å². The fourth-order valence-electron chi connectivity index (χ4n) is 2.05. The number of ether oxygens (including phenoxy) is 2. The Kier molecular flexibility index (Phi) is 4.42. The van der Waals surface area contributed by atoms with Crippen molar-refractivity contribution in [3.8, 4) is 11.5 Å². The Hall–Kier alpha value is -2.56. The summed E-state index contributed by atoms with van der Waals surface area (Å²) in [4.78, 5) is 12.2. The van der Waals surface area contributed by atoms with Crippen molar-refractivity contribution in [2.24, 2.45) is 7.05 Å². The summed E-state index contributed by atoms with van der Waals surface area (Å²) in [5.74, 6) is 1.28. The minimum absolute atomic E-state index is 0.0847. The van der Waals surface area contributed by atoms with Gasteiger partial charge >= 0.3 is 0 Å². The van der Waals surface area contributed by atoms with Gasteiger partial charge in [-0.2, -0.15) is 5.10 Å².